The zero-order valence-corrected chi connectivity index (χ0v) is 16.2. The summed E-state index contributed by atoms with van der Waals surface area (Å²) in [6.45, 7) is 7.52. The van der Waals surface area contributed by atoms with Gasteiger partial charge >= 0.3 is 0 Å². The molecule has 0 spiro atoms. The van der Waals surface area contributed by atoms with Crippen molar-refractivity contribution in [3.63, 3.8) is 0 Å². The lowest BCUT2D eigenvalue weighted by Crippen LogP contribution is -2.37. The third kappa shape index (κ3) is 4.17. The summed E-state index contributed by atoms with van der Waals surface area (Å²) in [5.74, 6) is 0.373. The molecule has 3 rings (SSSR count). The van der Waals surface area contributed by atoms with Crippen LogP contribution in [0, 0.1) is 6.92 Å². The lowest BCUT2D eigenvalue weighted by atomic mass is 9.94. The Morgan fingerprint density at radius 3 is 2.81 bits per heavy atom. The summed E-state index contributed by atoms with van der Waals surface area (Å²) in [6.07, 6.45) is 7.07. The highest BCUT2D eigenvalue weighted by Crippen LogP contribution is 2.29. The number of aryl methyl sites for hydroxylation is 1. The van der Waals surface area contributed by atoms with Crippen LogP contribution in [0.2, 0.25) is 0 Å². The van der Waals surface area contributed by atoms with Crippen LogP contribution in [0.4, 0.5) is 5.82 Å². The molecule has 0 saturated heterocycles. The van der Waals surface area contributed by atoms with Gasteiger partial charge in [0.05, 0.1) is 17.8 Å². The molecule has 0 radical (unpaired) electrons. The number of nitrogens with zero attached hydrogens (tertiary/aromatic N) is 2. The molecule has 1 aliphatic rings. The number of allylic oxidation sites excluding steroid dienone is 2. The van der Waals surface area contributed by atoms with E-state index in [9.17, 15) is 9.90 Å². The number of aliphatic hydroxyl groups is 1. The van der Waals surface area contributed by atoms with Crippen LogP contribution < -0.4 is 10.6 Å². The molecule has 0 bridgehead atoms. The number of rotatable bonds is 5. The summed E-state index contributed by atoms with van der Waals surface area (Å²) in [6, 6.07) is 3.77. The first-order valence-electron chi connectivity index (χ1n) is 9.27. The minimum atomic E-state index is -0.398. The van der Waals surface area contributed by atoms with Crippen molar-refractivity contribution in [1.29, 1.82) is 0 Å². The number of carbonyl (C=O) groups excluding carboxylic acids is 1. The Labute approximate surface area is 159 Å². The number of pyridine rings is 2. The Morgan fingerprint density at radius 1 is 1.37 bits per heavy atom. The van der Waals surface area contributed by atoms with E-state index >= 15 is 0 Å². The van der Waals surface area contributed by atoms with Crippen molar-refractivity contribution in [2.75, 3.05) is 5.32 Å². The summed E-state index contributed by atoms with van der Waals surface area (Å²) >= 11 is 0. The normalized spacial score (nSPS) is 17.7. The smallest absolute Gasteiger partial charge is 0.222 e. The molecule has 6 heteroatoms. The number of amides is 1. The van der Waals surface area contributed by atoms with Gasteiger partial charge in [-0.25, -0.2) is 4.98 Å². The van der Waals surface area contributed by atoms with Crippen LogP contribution >= 0.6 is 0 Å². The largest absolute Gasteiger partial charge is 0.391 e. The van der Waals surface area contributed by atoms with E-state index in [1.54, 1.807) is 6.20 Å². The van der Waals surface area contributed by atoms with Gasteiger partial charge in [-0.2, -0.15) is 0 Å². The van der Waals surface area contributed by atoms with Crippen molar-refractivity contribution in [2.45, 2.75) is 52.7 Å². The topological polar surface area (TPSA) is 87.1 Å². The van der Waals surface area contributed by atoms with Crippen molar-refractivity contribution in [3.8, 4) is 0 Å². The summed E-state index contributed by atoms with van der Waals surface area (Å²) in [5, 5.41) is 18.1. The number of anilines is 1. The molecule has 0 aliphatic carbocycles. The van der Waals surface area contributed by atoms with Crippen molar-refractivity contribution >= 4 is 28.1 Å². The van der Waals surface area contributed by atoms with E-state index in [0.717, 1.165) is 46.1 Å². The molecule has 2 atom stereocenters. The fourth-order valence-corrected chi connectivity index (χ4v) is 3.38. The van der Waals surface area contributed by atoms with E-state index in [1.807, 2.05) is 32.2 Å². The molecule has 3 N–H and O–H groups in total. The summed E-state index contributed by atoms with van der Waals surface area (Å²) in [5.41, 5.74) is 3.82. The minimum absolute atomic E-state index is 0.0721. The number of nitrogens with one attached hydrogen (secondary N) is 2. The van der Waals surface area contributed by atoms with E-state index < -0.39 is 6.10 Å². The molecule has 142 valence electrons. The highest BCUT2D eigenvalue weighted by atomic mass is 16.3. The van der Waals surface area contributed by atoms with E-state index in [2.05, 4.69) is 28.6 Å². The van der Waals surface area contributed by atoms with Crippen LogP contribution in [0.3, 0.4) is 0 Å². The van der Waals surface area contributed by atoms with Crippen molar-refractivity contribution in [3.05, 3.63) is 47.6 Å². The number of aliphatic hydroxyl groups excluding tert-OH is 1. The molecule has 2 unspecified atom stereocenters. The molecule has 2 aromatic heterocycles. The van der Waals surface area contributed by atoms with Crippen molar-refractivity contribution < 1.29 is 9.90 Å². The molecule has 0 saturated carbocycles. The highest BCUT2D eigenvalue weighted by molar-refractivity contribution is 5.93. The van der Waals surface area contributed by atoms with E-state index in [4.69, 9.17) is 4.98 Å². The Bertz CT molecular complexity index is 933. The highest BCUT2D eigenvalue weighted by Gasteiger charge is 2.21. The molecule has 1 amide bonds. The average molecular weight is 366 g/mol. The van der Waals surface area contributed by atoms with E-state index in [-0.39, 0.29) is 11.9 Å². The molecule has 0 fully saturated rings. The first kappa shape index (κ1) is 19.0. The maximum Gasteiger partial charge on any atom is 0.222 e. The van der Waals surface area contributed by atoms with Crippen LogP contribution in [0.5, 0.6) is 0 Å². The van der Waals surface area contributed by atoms with Gasteiger partial charge in [0.2, 0.25) is 5.91 Å². The summed E-state index contributed by atoms with van der Waals surface area (Å²) in [4.78, 5) is 20.3. The van der Waals surface area contributed by atoms with Crippen LogP contribution in [-0.4, -0.2) is 33.1 Å². The molecule has 27 heavy (non-hydrogen) atoms. The number of hydrogen-bond donors (Lipinski definition) is 3. The Hall–Kier alpha value is -2.73. The monoisotopic (exact) mass is 366 g/mol. The minimum Gasteiger partial charge on any atom is -0.391 e. The number of aromatic nitrogens is 2. The fourth-order valence-electron chi connectivity index (χ4n) is 3.38. The molecule has 0 aromatic carbocycles. The average Bonchev–Trinajstić information content (AvgIpc) is 2.61. The second-order valence-electron chi connectivity index (χ2n) is 7.02. The lowest BCUT2D eigenvalue weighted by Gasteiger charge is -2.26. The third-order valence-corrected chi connectivity index (χ3v) is 4.76. The van der Waals surface area contributed by atoms with Gasteiger partial charge in [0.15, 0.2) is 0 Å². The second kappa shape index (κ2) is 7.88. The molecule has 3 heterocycles. The van der Waals surface area contributed by atoms with E-state index in [1.165, 1.54) is 6.92 Å². The lowest BCUT2D eigenvalue weighted by molar-refractivity contribution is -0.114. The van der Waals surface area contributed by atoms with Crippen LogP contribution in [0.15, 0.2) is 36.2 Å². The Balaban J connectivity index is 1.91. The molecular weight excluding hydrogens is 340 g/mol. The summed E-state index contributed by atoms with van der Waals surface area (Å²) < 4.78 is 0. The van der Waals surface area contributed by atoms with Gasteiger partial charge in [0.25, 0.3) is 0 Å². The van der Waals surface area contributed by atoms with Gasteiger partial charge in [-0.05, 0) is 38.0 Å². The van der Waals surface area contributed by atoms with Gasteiger partial charge in [0, 0.05) is 41.4 Å². The quantitative estimate of drug-likeness (QED) is 0.756. The SMILES string of the molecule is CCCC(O)C1C=C(C)C(c2cc3cnc(NC(C)=O)cc3c(C)n2)=CN1. The van der Waals surface area contributed by atoms with E-state index in [0.29, 0.717) is 5.82 Å². The van der Waals surface area contributed by atoms with Crippen LogP contribution in [-0.2, 0) is 4.79 Å². The molecule has 6 nitrogen and oxygen atoms in total. The second-order valence-corrected chi connectivity index (χ2v) is 7.02. The predicted molar refractivity (Wildman–Crippen MR) is 108 cm³/mol. The number of hydrogen-bond acceptors (Lipinski definition) is 5. The number of fused-ring (bicyclic) bond motifs is 1. The van der Waals surface area contributed by atoms with Gasteiger partial charge in [-0.3, -0.25) is 9.78 Å². The van der Waals surface area contributed by atoms with Crippen molar-refractivity contribution in [2.24, 2.45) is 0 Å². The van der Waals surface area contributed by atoms with Gasteiger partial charge in [0.1, 0.15) is 5.82 Å². The van der Waals surface area contributed by atoms with Gasteiger partial charge in [-0.15, -0.1) is 0 Å². The first-order chi connectivity index (χ1) is 12.9. The Kier molecular flexibility index (Phi) is 5.56. The standard InChI is InChI=1S/C21H26N4O2/c1-5-6-20(27)19-7-12(2)17(11-22-19)18-8-15-10-23-21(25-14(4)26)9-16(15)13(3)24-18/h7-11,19-20,22,27H,5-6H2,1-4H3,(H,23,25,26). The predicted octanol–water partition coefficient (Wildman–Crippen LogP) is 3.32. The fraction of sp³-hybridized carbons (Fsp3) is 0.381. The van der Waals surface area contributed by atoms with Gasteiger partial charge in [-0.1, -0.05) is 19.4 Å². The molecular formula is C21H26N4O2. The van der Waals surface area contributed by atoms with Crippen LogP contribution in [0.1, 0.15) is 45.0 Å². The van der Waals surface area contributed by atoms with Crippen LogP contribution in [0.25, 0.3) is 16.3 Å². The first-order valence-corrected chi connectivity index (χ1v) is 9.27. The zero-order valence-electron chi connectivity index (χ0n) is 16.2. The third-order valence-electron chi connectivity index (χ3n) is 4.76. The Morgan fingerprint density at radius 2 is 2.15 bits per heavy atom. The molecule has 2 aromatic rings. The zero-order chi connectivity index (χ0) is 19.6. The maximum atomic E-state index is 11.2. The maximum absolute atomic E-state index is 11.2. The number of carbonyl (C=O) groups is 1. The molecule has 1 aliphatic heterocycles. The van der Waals surface area contributed by atoms with Gasteiger partial charge < -0.3 is 15.7 Å². The summed E-state index contributed by atoms with van der Waals surface area (Å²) in [7, 11) is 0. The number of dihydropyridines is 1. The van der Waals surface area contributed by atoms with Crippen molar-refractivity contribution in [1.82, 2.24) is 15.3 Å².